The van der Waals surface area contributed by atoms with Crippen LogP contribution in [0.15, 0.2) is 29.4 Å². The van der Waals surface area contributed by atoms with Crippen LogP contribution >= 0.6 is 0 Å². The number of benzene rings is 1. The Bertz CT molecular complexity index is 426. The molecular formula is C12H18N4O2. The molecule has 1 aromatic carbocycles. The third-order valence-electron chi connectivity index (χ3n) is 2.40. The normalized spacial score (nSPS) is 11.6. The predicted molar refractivity (Wildman–Crippen MR) is 69.8 cm³/mol. The molecule has 4 N–H and O–H groups in total. The molecule has 18 heavy (non-hydrogen) atoms. The van der Waals surface area contributed by atoms with E-state index in [1.165, 1.54) is 0 Å². The molecule has 0 atom stereocenters. The second kappa shape index (κ2) is 6.61. The quantitative estimate of drug-likeness (QED) is 0.298. The molecule has 0 heterocycles. The molecule has 6 nitrogen and oxygen atoms in total. The Morgan fingerprint density at radius 2 is 1.89 bits per heavy atom. The Balaban J connectivity index is 2.59. The van der Waals surface area contributed by atoms with E-state index in [0.717, 1.165) is 6.54 Å². The molecule has 1 amide bonds. The lowest BCUT2D eigenvalue weighted by Gasteiger charge is -2.10. The molecule has 0 saturated carbocycles. The SMILES string of the molecule is CN(C)CCNC(=O)c1ccc(/C(N)=N/O)cc1. The number of carbonyl (C=O) groups excluding carboxylic acids is 1. The van der Waals surface area contributed by atoms with Crippen molar-refractivity contribution in [3.8, 4) is 0 Å². The lowest BCUT2D eigenvalue weighted by molar-refractivity contribution is 0.0951. The van der Waals surface area contributed by atoms with Crippen molar-refractivity contribution in [2.75, 3.05) is 27.2 Å². The van der Waals surface area contributed by atoms with Crippen molar-refractivity contribution in [1.82, 2.24) is 10.2 Å². The van der Waals surface area contributed by atoms with Gasteiger partial charge in [0.25, 0.3) is 5.91 Å². The van der Waals surface area contributed by atoms with Gasteiger partial charge in [-0.15, -0.1) is 0 Å². The molecular weight excluding hydrogens is 232 g/mol. The summed E-state index contributed by atoms with van der Waals surface area (Å²) in [5, 5.41) is 14.2. The largest absolute Gasteiger partial charge is 0.409 e. The zero-order valence-electron chi connectivity index (χ0n) is 10.6. The summed E-state index contributed by atoms with van der Waals surface area (Å²) in [6, 6.07) is 6.54. The van der Waals surface area contributed by atoms with Gasteiger partial charge in [-0.2, -0.15) is 0 Å². The van der Waals surface area contributed by atoms with Crippen molar-refractivity contribution < 1.29 is 10.0 Å². The second-order valence-corrected chi connectivity index (χ2v) is 4.12. The van der Waals surface area contributed by atoms with Gasteiger partial charge in [0.15, 0.2) is 5.84 Å². The van der Waals surface area contributed by atoms with E-state index in [1.54, 1.807) is 24.3 Å². The highest BCUT2D eigenvalue weighted by molar-refractivity contribution is 5.99. The number of nitrogens with two attached hydrogens (primary N) is 1. The third kappa shape index (κ3) is 4.06. The standard InChI is InChI=1S/C12H18N4O2/c1-16(2)8-7-14-12(17)10-5-3-9(4-6-10)11(13)15-18/h3-6,18H,7-8H2,1-2H3,(H2,13,15)(H,14,17). The number of nitrogens with one attached hydrogen (secondary N) is 1. The van der Waals surface area contributed by atoms with Crippen LogP contribution < -0.4 is 11.1 Å². The number of oxime groups is 1. The Morgan fingerprint density at radius 3 is 2.39 bits per heavy atom. The molecule has 0 aliphatic carbocycles. The van der Waals surface area contributed by atoms with Crippen LogP contribution in [0.25, 0.3) is 0 Å². The molecule has 0 saturated heterocycles. The third-order valence-corrected chi connectivity index (χ3v) is 2.40. The van der Waals surface area contributed by atoms with Crippen LogP contribution in [0.5, 0.6) is 0 Å². The maximum atomic E-state index is 11.7. The van der Waals surface area contributed by atoms with Crippen LogP contribution in [0.4, 0.5) is 0 Å². The van der Waals surface area contributed by atoms with E-state index in [9.17, 15) is 4.79 Å². The van der Waals surface area contributed by atoms with Crippen LogP contribution in [0.1, 0.15) is 15.9 Å². The molecule has 0 radical (unpaired) electrons. The van der Waals surface area contributed by atoms with Crippen molar-refractivity contribution >= 4 is 11.7 Å². The summed E-state index contributed by atoms with van der Waals surface area (Å²) in [4.78, 5) is 13.7. The molecule has 1 rings (SSSR count). The molecule has 98 valence electrons. The maximum Gasteiger partial charge on any atom is 0.251 e. The van der Waals surface area contributed by atoms with Gasteiger partial charge in [0, 0.05) is 24.2 Å². The topological polar surface area (TPSA) is 91.0 Å². The van der Waals surface area contributed by atoms with Gasteiger partial charge in [-0.1, -0.05) is 17.3 Å². The molecule has 0 bridgehead atoms. The molecule has 0 aromatic heterocycles. The fourth-order valence-electron chi connectivity index (χ4n) is 1.35. The van der Waals surface area contributed by atoms with Gasteiger partial charge >= 0.3 is 0 Å². The van der Waals surface area contributed by atoms with Gasteiger partial charge in [0.2, 0.25) is 0 Å². The summed E-state index contributed by atoms with van der Waals surface area (Å²) in [5.41, 5.74) is 6.54. The highest BCUT2D eigenvalue weighted by Gasteiger charge is 2.06. The van der Waals surface area contributed by atoms with Crippen molar-refractivity contribution in [3.63, 3.8) is 0 Å². The highest BCUT2D eigenvalue weighted by atomic mass is 16.4. The molecule has 0 aliphatic rings. The fraction of sp³-hybridized carbons (Fsp3) is 0.333. The first kappa shape index (κ1) is 14.0. The number of carbonyl (C=O) groups is 1. The smallest absolute Gasteiger partial charge is 0.251 e. The van der Waals surface area contributed by atoms with Gasteiger partial charge in [0.05, 0.1) is 0 Å². The van der Waals surface area contributed by atoms with Crippen LogP contribution in [0.2, 0.25) is 0 Å². The van der Waals surface area contributed by atoms with Crippen molar-refractivity contribution in [2.24, 2.45) is 10.9 Å². The number of likely N-dealkylation sites (N-methyl/N-ethyl adjacent to an activating group) is 1. The molecule has 0 spiro atoms. The molecule has 0 aliphatic heterocycles. The van der Waals surface area contributed by atoms with Gasteiger partial charge in [-0.05, 0) is 26.2 Å². The summed E-state index contributed by atoms with van der Waals surface area (Å²) in [7, 11) is 3.88. The molecule has 0 unspecified atom stereocenters. The van der Waals surface area contributed by atoms with Gasteiger partial charge in [0.1, 0.15) is 0 Å². The minimum atomic E-state index is -0.136. The number of rotatable bonds is 5. The van der Waals surface area contributed by atoms with E-state index in [0.29, 0.717) is 17.7 Å². The van der Waals surface area contributed by atoms with Crippen LogP contribution in [0.3, 0.4) is 0 Å². The maximum absolute atomic E-state index is 11.7. The minimum Gasteiger partial charge on any atom is -0.409 e. The van der Waals surface area contributed by atoms with E-state index in [2.05, 4.69) is 10.5 Å². The van der Waals surface area contributed by atoms with Gasteiger partial charge < -0.3 is 21.2 Å². The van der Waals surface area contributed by atoms with E-state index in [-0.39, 0.29) is 11.7 Å². The number of nitrogens with zero attached hydrogens (tertiary/aromatic N) is 2. The first-order valence-corrected chi connectivity index (χ1v) is 5.55. The Morgan fingerprint density at radius 1 is 1.33 bits per heavy atom. The highest BCUT2D eigenvalue weighted by Crippen LogP contribution is 2.04. The monoisotopic (exact) mass is 250 g/mol. The first-order valence-electron chi connectivity index (χ1n) is 5.55. The zero-order valence-corrected chi connectivity index (χ0v) is 10.6. The lowest BCUT2D eigenvalue weighted by atomic mass is 10.1. The van der Waals surface area contributed by atoms with Crippen LogP contribution in [-0.2, 0) is 0 Å². The van der Waals surface area contributed by atoms with Crippen LogP contribution in [-0.4, -0.2) is 49.0 Å². The number of amidine groups is 1. The number of amides is 1. The van der Waals surface area contributed by atoms with E-state index >= 15 is 0 Å². The van der Waals surface area contributed by atoms with Gasteiger partial charge in [-0.3, -0.25) is 4.79 Å². The summed E-state index contributed by atoms with van der Waals surface area (Å²) < 4.78 is 0. The van der Waals surface area contributed by atoms with E-state index in [1.807, 2.05) is 19.0 Å². The van der Waals surface area contributed by atoms with E-state index < -0.39 is 0 Å². The summed E-state index contributed by atoms with van der Waals surface area (Å²) in [5.74, 6) is -0.113. The Kier molecular flexibility index (Phi) is 5.13. The number of hydrogen-bond donors (Lipinski definition) is 3. The zero-order chi connectivity index (χ0) is 13.5. The van der Waals surface area contributed by atoms with Crippen LogP contribution in [0, 0.1) is 0 Å². The molecule has 1 aromatic rings. The summed E-state index contributed by atoms with van der Waals surface area (Å²) in [6.07, 6.45) is 0. The second-order valence-electron chi connectivity index (χ2n) is 4.12. The summed E-state index contributed by atoms with van der Waals surface area (Å²) in [6.45, 7) is 1.38. The van der Waals surface area contributed by atoms with Crippen molar-refractivity contribution in [3.05, 3.63) is 35.4 Å². The predicted octanol–water partition coefficient (Wildman–Crippen LogP) is 0.0725. The lowest BCUT2D eigenvalue weighted by Crippen LogP contribution is -2.31. The average Bonchev–Trinajstić information content (AvgIpc) is 2.37. The first-order chi connectivity index (χ1) is 8.54. The summed E-state index contributed by atoms with van der Waals surface area (Å²) >= 11 is 0. The van der Waals surface area contributed by atoms with Crippen molar-refractivity contribution in [1.29, 1.82) is 0 Å². The number of hydrogen-bond acceptors (Lipinski definition) is 4. The Hall–Kier alpha value is -2.08. The minimum absolute atomic E-state index is 0.0227. The molecule has 0 fully saturated rings. The van der Waals surface area contributed by atoms with E-state index in [4.69, 9.17) is 10.9 Å². The molecule has 6 heteroatoms. The average molecular weight is 250 g/mol. The fourth-order valence-corrected chi connectivity index (χ4v) is 1.35. The van der Waals surface area contributed by atoms with Gasteiger partial charge in [-0.25, -0.2) is 0 Å². The van der Waals surface area contributed by atoms with Crippen molar-refractivity contribution in [2.45, 2.75) is 0 Å². The Labute approximate surface area is 106 Å².